The molecule has 0 aromatic heterocycles. The smallest absolute Gasteiger partial charge is 0.204 e. The number of fused-ring (bicyclic) bond motifs is 1. The van der Waals surface area contributed by atoms with E-state index in [0.717, 1.165) is 5.57 Å². The first-order valence-electron chi connectivity index (χ1n) is 6.42. The molecule has 0 bridgehead atoms. The van der Waals surface area contributed by atoms with Gasteiger partial charge in [0.15, 0.2) is 17.4 Å². The maximum Gasteiger partial charge on any atom is 0.204 e. The molecule has 0 amide bonds. The Labute approximate surface area is 117 Å². The molecule has 0 aromatic rings. The average molecular weight is 280 g/mol. The average Bonchev–Trinajstić information content (AvgIpc) is 2.43. The summed E-state index contributed by atoms with van der Waals surface area (Å²) in [5.41, 5.74) is 24.0. The molecule has 8 N–H and O–H groups in total. The topological polar surface area (TPSA) is 132 Å². The molecule has 1 aliphatic carbocycles. The predicted octanol–water partition coefficient (Wildman–Crippen LogP) is -0.521. The Balaban J connectivity index is 2.34. The molecule has 2 aliphatic rings. The highest BCUT2D eigenvalue weighted by molar-refractivity contribution is 5.49. The molecule has 0 aromatic carbocycles. The van der Waals surface area contributed by atoms with E-state index < -0.39 is 0 Å². The fourth-order valence-electron chi connectivity index (χ4n) is 1.96. The lowest BCUT2D eigenvalue weighted by Gasteiger charge is -2.27. The van der Waals surface area contributed by atoms with Gasteiger partial charge >= 0.3 is 0 Å². The van der Waals surface area contributed by atoms with Crippen LogP contribution in [-0.4, -0.2) is 26.3 Å². The summed E-state index contributed by atoms with van der Waals surface area (Å²) in [4.78, 5) is 0. The molecule has 0 atom stereocenters. The van der Waals surface area contributed by atoms with Crippen LogP contribution in [0.5, 0.6) is 0 Å². The molecule has 7 nitrogen and oxygen atoms in total. The van der Waals surface area contributed by atoms with Gasteiger partial charge in [0.2, 0.25) is 5.76 Å². The second-order valence-corrected chi connectivity index (χ2v) is 4.29. The molecule has 1 heterocycles. The maximum atomic E-state index is 5.95. The van der Waals surface area contributed by atoms with Crippen LogP contribution in [0.15, 0.2) is 46.6 Å². The molecule has 7 heteroatoms. The number of nitrogens with two attached hydrogens (primary N) is 4. The zero-order valence-electron chi connectivity index (χ0n) is 11.2. The summed E-state index contributed by atoms with van der Waals surface area (Å²) < 4.78 is 16.7. The number of rotatable bonds is 6. The molecule has 0 unspecified atom stereocenters. The van der Waals surface area contributed by atoms with Gasteiger partial charge in [-0.25, -0.2) is 0 Å². The SMILES string of the molecule is NCCOC1=CCC2=C(N)C=C(N)OC2=C1OCCN. The number of ether oxygens (including phenoxy) is 3. The lowest BCUT2D eigenvalue weighted by atomic mass is 9.99. The Morgan fingerprint density at radius 2 is 1.80 bits per heavy atom. The maximum absolute atomic E-state index is 5.95. The first kappa shape index (κ1) is 14.3. The van der Waals surface area contributed by atoms with Crippen molar-refractivity contribution in [3.8, 4) is 0 Å². The summed E-state index contributed by atoms with van der Waals surface area (Å²) in [6.45, 7) is 1.50. The van der Waals surface area contributed by atoms with Crippen LogP contribution in [0.1, 0.15) is 6.42 Å². The van der Waals surface area contributed by atoms with Crippen LogP contribution in [0, 0.1) is 0 Å². The van der Waals surface area contributed by atoms with Gasteiger partial charge in [-0.3, -0.25) is 0 Å². The van der Waals surface area contributed by atoms with E-state index in [1.807, 2.05) is 6.08 Å². The van der Waals surface area contributed by atoms with Crippen LogP contribution < -0.4 is 22.9 Å². The van der Waals surface area contributed by atoms with Crippen LogP contribution in [0.4, 0.5) is 0 Å². The summed E-state index contributed by atoms with van der Waals surface area (Å²) in [5.74, 6) is 1.75. The van der Waals surface area contributed by atoms with E-state index >= 15 is 0 Å². The van der Waals surface area contributed by atoms with Crippen LogP contribution in [0.25, 0.3) is 0 Å². The van der Waals surface area contributed by atoms with E-state index in [1.165, 1.54) is 0 Å². The van der Waals surface area contributed by atoms with Gasteiger partial charge in [0.05, 0.1) is 0 Å². The molecule has 0 saturated carbocycles. The van der Waals surface area contributed by atoms with Crippen molar-refractivity contribution in [2.24, 2.45) is 22.9 Å². The third-order valence-corrected chi connectivity index (χ3v) is 2.80. The normalized spacial score (nSPS) is 18.1. The summed E-state index contributed by atoms with van der Waals surface area (Å²) in [6.07, 6.45) is 4.05. The highest BCUT2D eigenvalue weighted by Crippen LogP contribution is 2.36. The van der Waals surface area contributed by atoms with Crippen molar-refractivity contribution in [3.05, 3.63) is 46.6 Å². The number of allylic oxidation sites excluding steroid dienone is 3. The molecule has 0 spiro atoms. The van der Waals surface area contributed by atoms with Gasteiger partial charge in [0.25, 0.3) is 0 Å². The van der Waals surface area contributed by atoms with Crippen molar-refractivity contribution in [1.82, 2.24) is 0 Å². The third-order valence-electron chi connectivity index (χ3n) is 2.80. The zero-order chi connectivity index (χ0) is 14.5. The molecule has 110 valence electrons. The Morgan fingerprint density at radius 1 is 1.10 bits per heavy atom. The van der Waals surface area contributed by atoms with Crippen LogP contribution in [0.2, 0.25) is 0 Å². The Kier molecular flexibility index (Phi) is 4.54. The first-order chi connectivity index (χ1) is 9.67. The van der Waals surface area contributed by atoms with E-state index in [9.17, 15) is 0 Å². The van der Waals surface area contributed by atoms with Gasteiger partial charge in [0.1, 0.15) is 13.2 Å². The van der Waals surface area contributed by atoms with E-state index in [0.29, 0.717) is 55.7 Å². The quantitative estimate of drug-likeness (QED) is 0.514. The largest absolute Gasteiger partial charge is 0.489 e. The zero-order valence-corrected chi connectivity index (χ0v) is 11.2. The standard InChI is InChI=1S/C13H20N4O3/c14-3-5-18-10-2-1-8-9(16)7-11(17)20-12(8)13(10)19-6-4-15/h2,7H,1,3-6,14-17H2. The van der Waals surface area contributed by atoms with Crippen molar-refractivity contribution in [2.45, 2.75) is 6.42 Å². The van der Waals surface area contributed by atoms with E-state index in [-0.39, 0.29) is 5.88 Å². The van der Waals surface area contributed by atoms with Crippen LogP contribution in [-0.2, 0) is 14.2 Å². The lowest BCUT2D eigenvalue weighted by molar-refractivity contribution is 0.137. The molecule has 0 radical (unpaired) electrons. The van der Waals surface area contributed by atoms with Gasteiger partial charge in [0, 0.05) is 36.9 Å². The number of hydrogen-bond acceptors (Lipinski definition) is 7. The summed E-state index contributed by atoms with van der Waals surface area (Å²) in [7, 11) is 0. The minimum atomic E-state index is 0.218. The minimum absolute atomic E-state index is 0.218. The van der Waals surface area contributed by atoms with Gasteiger partial charge < -0.3 is 37.1 Å². The van der Waals surface area contributed by atoms with Crippen molar-refractivity contribution < 1.29 is 14.2 Å². The molecular weight excluding hydrogens is 260 g/mol. The van der Waals surface area contributed by atoms with Gasteiger partial charge in [-0.05, 0) is 6.08 Å². The molecule has 0 saturated heterocycles. The van der Waals surface area contributed by atoms with Crippen molar-refractivity contribution >= 4 is 0 Å². The predicted molar refractivity (Wildman–Crippen MR) is 74.3 cm³/mol. The molecule has 1 aliphatic heterocycles. The van der Waals surface area contributed by atoms with E-state index in [1.54, 1.807) is 6.08 Å². The first-order valence-corrected chi connectivity index (χ1v) is 6.42. The fraction of sp³-hybridized carbons (Fsp3) is 0.385. The Morgan fingerprint density at radius 3 is 2.50 bits per heavy atom. The molecular formula is C13H20N4O3. The van der Waals surface area contributed by atoms with Crippen molar-refractivity contribution in [2.75, 3.05) is 26.3 Å². The van der Waals surface area contributed by atoms with Crippen LogP contribution in [0.3, 0.4) is 0 Å². The highest BCUT2D eigenvalue weighted by atomic mass is 16.6. The van der Waals surface area contributed by atoms with E-state index in [4.69, 9.17) is 37.1 Å². The second kappa shape index (κ2) is 6.36. The lowest BCUT2D eigenvalue weighted by Crippen LogP contribution is -2.22. The van der Waals surface area contributed by atoms with Crippen LogP contribution >= 0.6 is 0 Å². The van der Waals surface area contributed by atoms with Crippen molar-refractivity contribution in [1.29, 1.82) is 0 Å². The summed E-state index contributed by atoms with van der Waals surface area (Å²) >= 11 is 0. The summed E-state index contributed by atoms with van der Waals surface area (Å²) in [5, 5.41) is 0. The monoisotopic (exact) mass is 280 g/mol. The highest BCUT2D eigenvalue weighted by Gasteiger charge is 2.29. The third kappa shape index (κ3) is 2.89. The van der Waals surface area contributed by atoms with Gasteiger partial charge in [-0.15, -0.1) is 0 Å². The number of hydrogen-bond donors (Lipinski definition) is 4. The summed E-state index contributed by atoms with van der Waals surface area (Å²) in [6, 6.07) is 0. The molecule has 2 rings (SSSR count). The van der Waals surface area contributed by atoms with Crippen molar-refractivity contribution in [3.63, 3.8) is 0 Å². The van der Waals surface area contributed by atoms with Gasteiger partial charge in [-0.2, -0.15) is 0 Å². The Bertz CT molecular complexity index is 506. The molecule has 20 heavy (non-hydrogen) atoms. The minimum Gasteiger partial charge on any atom is -0.489 e. The van der Waals surface area contributed by atoms with E-state index in [2.05, 4.69) is 0 Å². The Hall–Kier alpha value is -2.12. The fourth-order valence-corrected chi connectivity index (χ4v) is 1.96. The molecule has 0 fully saturated rings. The second-order valence-electron chi connectivity index (χ2n) is 4.29. The van der Waals surface area contributed by atoms with Gasteiger partial charge in [-0.1, -0.05) is 0 Å².